The Bertz CT molecular complexity index is 1900. The monoisotopic (exact) mass is 955 g/mol. The molecule has 0 saturated heterocycles. The van der Waals surface area contributed by atoms with Crippen molar-refractivity contribution in [3.63, 3.8) is 0 Å². The van der Waals surface area contributed by atoms with E-state index in [0.29, 0.717) is 70.6 Å². The summed E-state index contributed by atoms with van der Waals surface area (Å²) in [6, 6.07) is 15.0. The molecule has 0 spiro atoms. The van der Waals surface area contributed by atoms with Gasteiger partial charge in [-0.15, -0.1) is 0 Å². The van der Waals surface area contributed by atoms with Crippen LogP contribution in [0.5, 0.6) is 17.2 Å². The highest BCUT2D eigenvalue weighted by molar-refractivity contribution is 6.01. The third-order valence-electron chi connectivity index (χ3n) is 12.6. The van der Waals surface area contributed by atoms with E-state index in [2.05, 4.69) is 52.7 Å². The third-order valence-corrected chi connectivity index (χ3v) is 12.6. The number of benzene rings is 3. The molecule has 69 heavy (non-hydrogen) atoms. The number of hydrogen-bond acceptors (Lipinski definition) is 9. The van der Waals surface area contributed by atoms with Gasteiger partial charge in [0, 0.05) is 54.1 Å². The van der Waals surface area contributed by atoms with E-state index in [1.807, 2.05) is 0 Å². The van der Waals surface area contributed by atoms with E-state index in [4.69, 9.17) is 14.2 Å². The van der Waals surface area contributed by atoms with Crippen molar-refractivity contribution in [2.75, 3.05) is 53.2 Å². The van der Waals surface area contributed by atoms with Gasteiger partial charge in [0.15, 0.2) is 0 Å². The minimum Gasteiger partial charge on any atom is -0.495 e. The van der Waals surface area contributed by atoms with E-state index in [1.165, 1.54) is 21.3 Å². The second-order valence-corrected chi connectivity index (χ2v) is 18.1. The summed E-state index contributed by atoms with van der Waals surface area (Å²) in [6.07, 6.45) is 16.7. The molecule has 6 amide bonds. The van der Waals surface area contributed by atoms with Gasteiger partial charge in [0.1, 0.15) is 17.2 Å². The number of methoxy groups -OCH3 is 3. The summed E-state index contributed by atoms with van der Waals surface area (Å²) in [7, 11) is 4.44. The molecule has 0 atom stereocenters. The highest BCUT2D eigenvalue weighted by atomic mass is 16.5. The van der Waals surface area contributed by atoms with Crippen LogP contribution in [-0.4, -0.2) is 56.8 Å². The maximum atomic E-state index is 14.4. The number of ether oxygens (including phenoxy) is 3. The molecule has 1 aliphatic rings. The summed E-state index contributed by atoms with van der Waals surface area (Å²) in [4.78, 5) is 81.6. The Morgan fingerprint density at radius 1 is 0.391 bits per heavy atom. The molecule has 1 saturated carbocycles. The SMILES string of the molecule is CCCCCCCC(=O)Nc1ccc(OC)c(NC(=O)C2CC(C(=O)Nc3cc(NC(=O)CCCCCCC)ccc3OC)CC(C(=O)Nc3cc(NC(=O)CCCCCCC)ccc3OC)C2)c1. The highest BCUT2D eigenvalue weighted by Gasteiger charge is 2.40. The van der Waals surface area contributed by atoms with Crippen LogP contribution in [0.2, 0.25) is 0 Å². The predicted molar refractivity (Wildman–Crippen MR) is 275 cm³/mol. The van der Waals surface area contributed by atoms with Gasteiger partial charge in [-0.25, -0.2) is 0 Å². The molecule has 0 unspecified atom stereocenters. The number of carbonyl (C=O) groups excluding carboxylic acids is 6. The molecule has 1 aliphatic carbocycles. The third kappa shape index (κ3) is 19.1. The van der Waals surface area contributed by atoms with Crippen molar-refractivity contribution in [3.05, 3.63) is 54.6 Å². The van der Waals surface area contributed by atoms with Gasteiger partial charge in [0.05, 0.1) is 38.4 Å². The summed E-state index contributed by atoms with van der Waals surface area (Å²) < 4.78 is 16.8. The number of rotatable bonds is 30. The normalized spacial score (nSPS) is 15.3. The summed E-state index contributed by atoms with van der Waals surface area (Å²) >= 11 is 0. The second kappa shape index (κ2) is 30.4. The summed E-state index contributed by atoms with van der Waals surface area (Å²) in [5, 5.41) is 17.7. The maximum Gasteiger partial charge on any atom is 0.227 e. The van der Waals surface area contributed by atoms with Crippen molar-refractivity contribution >= 4 is 69.6 Å². The molecule has 378 valence electrons. The number of carbonyl (C=O) groups is 6. The quantitative estimate of drug-likeness (QED) is 0.0352. The van der Waals surface area contributed by atoms with Crippen LogP contribution in [-0.2, 0) is 28.8 Å². The minimum absolute atomic E-state index is 0.109. The summed E-state index contributed by atoms with van der Waals surface area (Å²) in [6.45, 7) is 6.43. The van der Waals surface area contributed by atoms with Crippen LogP contribution in [0.15, 0.2) is 54.6 Å². The van der Waals surface area contributed by atoms with Gasteiger partial charge in [0.25, 0.3) is 0 Å². The van der Waals surface area contributed by atoms with Gasteiger partial charge in [-0.1, -0.05) is 97.8 Å². The average molecular weight is 955 g/mol. The Balaban J connectivity index is 1.57. The zero-order valence-corrected chi connectivity index (χ0v) is 42.0. The average Bonchev–Trinajstić information content (AvgIpc) is 3.34. The van der Waals surface area contributed by atoms with Crippen LogP contribution in [0, 0.1) is 17.8 Å². The van der Waals surface area contributed by atoms with E-state index in [9.17, 15) is 28.8 Å². The molecular formula is C54H78N6O9. The number of anilines is 6. The molecule has 1 fully saturated rings. The molecule has 3 aromatic carbocycles. The van der Waals surface area contributed by atoms with Crippen LogP contribution in [0.1, 0.15) is 156 Å². The van der Waals surface area contributed by atoms with Crippen LogP contribution in [0.25, 0.3) is 0 Å². The molecule has 0 radical (unpaired) electrons. The fourth-order valence-corrected chi connectivity index (χ4v) is 8.65. The summed E-state index contributed by atoms with van der Waals surface area (Å²) in [5.41, 5.74) is 2.43. The van der Waals surface area contributed by atoms with Gasteiger partial charge >= 0.3 is 0 Å². The molecule has 15 nitrogen and oxygen atoms in total. The van der Waals surface area contributed by atoms with Crippen molar-refractivity contribution < 1.29 is 43.0 Å². The van der Waals surface area contributed by atoms with Crippen molar-refractivity contribution in [1.29, 1.82) is 0 Å². The van der Waals surface area contributed by atoms with E-state index >= 15 is 0 Å². The van der Waals surface area contributed by atoms with Crippen LogP contribution >= 0.6 is 0 Å². The van der Waals surface area contributed by atoms with Crippen molar-refractivity contribution in [2.45, 2.75) is 156 Å². The molecule has 0 aliphatic heterocycles. The standard InChI is InChI=1S/C54H78N6O9/c1-7-10-13-16-19-22-49(61)55-40-25-28-46(67-4)43(34-40)58-52(64)37-31-38(53(65)59-44-35-41(26-29-47(44)68-5)56-50(62)23-20-17-14-11-8-2)33-39(32-37)54(66)60-45-36-42(27-30-48(45)69-6)57-51(63)24-21-18-15-12-9-3/h25-30,34-39H,7-24,31-33H2,1-6H3,(H,55,61)(H,56,62)(H,57,63)(H,58,64)(H,59,65)(H,60,66). The van der Waals surface area contributed by atoms with Crippen molar-refractivity contribution in [3.8, 4) is 17.2 Å². The molecule has 6 N–H and O–H groups in total. The zero-order valence-electron chi connectivity index (χ0n) is 42.0. The molecule has 3 aromatic rings. The predicted octanol–water partition coefficient (Wildman–Crippen LogP) is 11.9. The van der Waals surface area contributed by atoms with Gasteiger partial charge in [-0.3, -0.25) is 28.8 Å². The van der Waals surface area contributed by atoms with E-state index < -0.39 is 35.5 Å². The Hall–Kier alpha value is -6.12. The molecule has 0 heterocycles. The first kappa shape index (κ1) is 55.5. The van der Waals surface area contributed by atoms with Gasteiger partial charge in [-0.2, -0.15) is 0 Å². The Labute approximate surface area is 409 Å². The fourth-order valence-electron chi connectivity index (χ4n) is 8.65. The van der Waals surface area contributed by atoms with Gasteiger partial charge in [0.2, 0.25) is 35.4 Å². The van der Waals surface area contributed by atoms with Crippen molar-refractivity contribution in [1.82, 2.24) is 0 Å². The number of unbranched alkanes of at least 4 members (excludes halogenated alkanes) is 12. The van der Waals surface area contributed by atoms with E-state index in [-0.39, 0.29) is 37.0 Å². The van der Waals surface area contributed by atoms with E-state index in [0.717, 1.165) is 96.3 Å². The Morgan fingerprint density at radius 3 is 0.899 bits per heavy atom. The van der Waals surface area contributed by atoms with Crippen LogP contribution < -0.4 is 46.1 Å². The summed E-state index contributed by atoms with van der Waals surface area (Å²) in [5.74, 6) is -3.03. The van der Waals surface area contributed by atoms with Gasteiger partial charge in [-0.05, 0) is 93.1 Å². The number of hydrogen-bond donors (Lipinski definition) is 6. The first-order chi connectivity index (χ1) is 33.4. The van der Waals surface area contributed by atoms with Crippen molar-refractivity contribution in [2.24, 2.45) is 17.8 Å². The fraction of sp³-hybridized carbons (Fsp3) is 0.556. The van der Waals surface area contributed by atoms with Gasteiger partial charge < -0.3 is 46.1 Å². The topological polar surface area (TPSA) is 202 Å². The minimum atomic E-state index is -0.814. The number of nitrogens with one attached hydrogen (secondary N) is 6. The molecule has 15 heteroatoms. The molecule has 0 bridgehead atoms. The molecule has 4 rings (SSSR count). The first-order valence-corrected chi connectivity index (χ1v) is 25.3. The smallest absolute Gasteiger partial charge is 0.227 e. The largest absolute Gasteiger partial charge is 0.495 e. The van der Waals surface area contributed by atoms with Crippen LogP contribution in [0.4, 0.5) is 34.1 Å². The molecule has 0 aromatic heterocycles. The lowest BCUT2D eigenvalue weighted by Gasteiger charge is -2.33. The lowest BCUT2D eigenvalue weighted by molar-refractivity contribution is -0.129. The highest BCUT2D eigenvalue weighted by Crippen LogP contribution is 2.39. The second-order valence-electron chi connectivity index (χ2n) is 18.1. The Morgan fingerprint density at radius 2 is 0.652 bits per heavy atom. The number of amides is 6. The zero-order chi connectivity index (χ0) is 50.0. The maximum absolute atomic E-state index is 14.4. The first-order valence-electron chi connectivity index (χ1n) is 25.3. The Kier molecular flexibility index (Phi) is 24.4. The molecular weight excluding hydrogens is 877 g/mol. The lowest BCUT2D eigenvalue weighted by atomic mass is 9.74. The van der Waals surface area contributed by atoms with Crippen LogP contribution in [0.3, 0.4) is 0 Å². The lowest BCUT2D eigenvalue weighted by Crippen LogP contribution is -2.40. The van der Waals surface area contributed by atoms with E-state index in [1.54, 1.807) is 54.6 Å².